The summed E-state index contributed by atoms with van der Waals surface area (Å²) in [4.78, 5) is 16.3. The molecule has 4 heteroatoms. The lowest BCUT2D eigenvalue weighted by molar-refractivity contribution is 0.0306. The molecule has 2 heterocycles. The second-order valence-electron chi connectivity index (χ2n) is 4.35. The third-order valence-corrected chi connectivity index (χ3v) is 4.13. The largest absolute Gasteiger partial charge is 0.378 e. The van der Waals surface area contributed by atoms with Crippen molar-refractivity contribution in [3.05, 3.63) is 21.4 Å². The van der Waals surface area contributed by atoms with Crippen molar-refractivity contribution in [1.82, 2.24) is 4.90 Å². The lowest BCUT2D eigenvalue weighted by atomic mass is 10.1. The average molecular weight is 253 g/mol. The van der Waals surface area contributed by atoms with E-state index in [1.807, 2.05) is 4.90 Å². The van der Waals surface area contributed by atoms with Crippen LogP contribution in [0.25, 0.3) is 0 Å². The summed E-state index contributed by atoms with van der Waals surface area (Å²) in [5.74, 6) is 0.170. The van der Waals surface area contributed by atoms with Crippen molar-refractivity contribution < 1.29 is 9.53 Å². The molecule has 1 aliphatic heterocycles. The predicted octanol–water partition coefficient (Wildman–Crippen LogP) is 2.48. The first-order valence-corrected chi connectivity index (χ1v) is 7.00. The van der Waals surface area contributed by atoms with Crippen LogP contribution in [0.1, 0.15) is 33.5 Å². The van der Waals surface area contributed by atoms with Gasteiger partial charge in [0.1, 0.15) is 0 Å². The Hall–Kier alpha value is -0.870. The number of morpholine rings is 1. The summed E-state index contributed by atoms with van der Waals surface area (Å²) in [7, 11) is 0. The van der Waals surface area contributed by atoms with E-state index in [9.17, 15) is 4.79 Å². The zero-order chi connectivity index (χ0) is 12.3. The first-order chi connectivity index (χ1) is 8.22. The zero-order valence-electron chi connectivity index (χ0n) is 10.5. The van der Waals surface area contributed by atoms with Gasteiger partial charge in [0.2, 0.25) is 0 Å². The SMILES string of the molecule is CCCc1cc(C(=O)N2CCOCC2)sc1C. The molecular formula is C13H19NO2S. The van der Waals surface area contributed by atoms with Crippen LogP contribution in [0.15, 0.2) is 6.07 Å². The van der Waals surface area contributed by atoms with Crippen LogP contribution in [0, 0.1) is 6.92 Å². The van der Waals surface area contributed by atoms with Gasteiger partial charge in [-0.2, -0.15) is 0 Å². The number of carbonyl (C=O) groups excluding carboxylic acids is 1. The number of amides is 1. The summed E-state index contributed by atoms with van der Waals surface area (Å²) in [6.07, 6.45) is 2.20. The monoisotopic (exact) mass is 253 g/mol. The van der Waals surface area contributed by atoms with Gasteiger partial charge in [0.05, 0.1) is 18.1 Å². The van der Waals surface area contributed by atoms with Crippen molar-refractivity contribution in [2.45, 2.75) is 26.7 Å². The summed E-state index contributed by atoms with van der Waals surface area (Å²) in [6.45, 7) is 7.04. The highest BCUT2D eigenvalue weighted by Crippen LogP contribution is 2.24. The minimum absolute atomic E-state index is 0.170. The molecule has 0 radical (unpaired) electrons. The van der Waals surface area contributed by atoms with Gasteiger partial charge < -0.3 is 9.64 Å². The fourth-order valence-corrected chi connectivity index (χ4v) is 3.10. The smallest absolute Gasteiger partial charge is 0.264 e. The summed E-state index contributed by atoms with van der Waals surface area (Å²) in [5.41, 5.74) is 1.33. The highest BCUT2D eigenvalue weighted by molar-refractivity contribution is 7.14. The van der Waals surface area contributed by atoms with Gasteiger partial charge in [-0.3, -0.25) is 4.79 Å². The topological polar surface area (TPSA) is 29.5 Å². The number of carbonyl (C=O) groups is 1. The van der Waals surface area contributed by atoms with Crippen LogP contribution in [0.5, 0.6) is 0 Å². The number of thiophene rings is 1. The summed E-state index contributed by atoms with van der Waals surface area (Å²) in [6, 6.07) is 2.07. The van der Waals surface area contributed by atoms with Crippen LogP contribution in [0.3, 0.4) is 0 Å². The van der Waals surface area contributed by atoms with Crippen molar-refractivity contribution in [2.24, 2.45) is 0 Å². The lowest BCUT2D eigenvalue weighted by Gasteiger charge is -2.26. The molecule has 17 heavy (non-hydrogen) atoms. The van der Waals surface area contributed by atoms with Crippen LogP contribution in [0.2, 0.25) is 0 Å². The van der Waals surface area contributed by atoms with Crippen molar-refractivity contribution in [1.29, 1.82) is 0 Å². The highest BCUT2D eigenvalue weighted by Gasteiger charge is 2.20. The maximum Gasteiger partial charge on any atom is 0.264 e. The molecule has 1 amide bonds. The molecule has 2 rings (SSSR count). The Labute approximate surface area is 106 Å². The summed E-state index contributed by atoms with van der Waals surface area (Å²) < 4.78 is 5.26. The number of rotatable bonds is 3. The molecule has 0 N–H and O–H groups in total. The first kappa shape index (κ1) is 12.6. The van der Waals surface area contributed by atoms with Gasteiger partial charge in [0.15, 0.2) is 0 Å². The fraction of sp³-hybridized carbons (Fsp3) is 0.615. The Morgan fingerprint density at radius 1 is 1.47 bits per heavy atom. The van der Waals surface area contributed by atoms with Crippen molar-refractivity contribution >= 4 is 17.2 Å². The van der Waals surface area contributed by atoms with Gasteiger partial charge in [-0.1, -0.05) is 13.3 Å². The van der Waals surface area contributed by atoms with E-state index >= 15 is 0 Å². The normalized spacial score (nSPS) is 16.2. The van der Waals surface area contributed by atoms with E-state index in [0.717, 1.165) is 30.8 Å². The van der Waals surface area contributed by atoms with Gasteiger partial charge in [0.25, 0.3) is 5.91 Å². The maximum atomic E-state index is 12.3. The van der Waals surface area contributed by atoms with Crippen LogP contribution in [-0.2, 0) is 11.2 Å². The van der Waals surface area contributed by atoms with E-state index in [2.05, 4.69) is 19.9 Å². The zero-order valence-corrected chi connectivity index (χ0v) is 11.3. The quantitative estimate of drug-likeness (QED) is 0.828. The van der Waals surface area contributed by atoms with E-state index in [1.54, 1.807) is 11.3 Å². The van der Waals surface area contributed by atoms with Crippen LogP contribution in [-0.4, -0.2) is 37.1 Å². The number of hydrogen-bond acceptors (Lipinski definition) is 3. The third-order valence-electron chi connectivity index (χ3n) is 3.05. The van der Waals surface area contributed by atoms with Gasteiger partial charge in [-0.05, 0) is 25.0 Å². The minimum Gasteiger partial charge on any atom is -0.378 e. The van der Waals surface area contributed by atoms with Crippen LogP contribution < -0.4 is 0 Å². The fourth-order valence-electron chi connectivity index (χ4n) is 2.07. The molecule has 94 valence electrons. The molecule has 0 aliphatic carbocycles. The van der Waals surface area contributed by atoms with Gasteiger partial charge in [-0.15, -0.1) is 11.3 Å². The van der Waals surface area contributed by atoms with E-state index < -0.39 is 0 Å². The second kappa shape index (κ2) is 5.65. The standard InChI is InChI=1S/C13H19NO2S/c1-3-4-11-9-12(17-10(11)2)13(15)14-5-7-16-8-6-14/h9H,3-8H2,1-2H3. The number of nitrogens with zero attached hydrogens (tertiary/aromatic N) is 1. The Morgan fingerprint density at radius 2 is 2.18 bits per heavy atom. The van der Waals surface area contributed by atoms with Gasteiger partial charge in [-0.25, -0.2) is 0 Å². The average Bonchev–Trinajstić information content (AvgIpc) is 2.72. The maximum absolute atomic E-state index is 12.3. The molecular weight excluding hydrogens is 234 g/mol. The molecule has 1 aromatic rings. The number of ether oxygens (including phenoxy) is 1. The molecule has 0 atom stereocenters. The Morgan fingerprint density at radius 3 is 2.82 bits per heavy atom. The van der Waals surface area contributed by atoms with Crippen molar-refractivity contribution in [3.8, 4) is 0 Å². The molecule has 1 saturated heterocycles. The lowest BCUT2D eigenvalue weighted by Crippen LogP contribution is -2.40. The van der Waals surface area contributed by atoms with Crippen molar-refractivity contribution in [2.75, 3.05) is 26.3 Å². The highest BCUT2D eigenvalue weighted by atomic mass is 32.1. The number of aryl methyl sites for hydroxylation is 2. The molecule has 1 aliphatic rings. The molecule has 0 spiro atoms. The van der Waals surface area contributed by atoms with E-state index in [-0.39, 0.29) is 5.91 Å². The molecule has 3 nitrogen and oxygen atoms in total. The summed E-state index contributed by atoms with van der Waals surface area (Å²) in [5, 5.41) is 0. The second-order valence-corrected chi connectivity index (χ2v) is 5.60. The first-order valence-electron chi connectivity index (χ1n) is 6.18. The molecule has 0 bridgehead atoms. The van der Waals surface area contributed by atoms with Gasteiger partial charge >= 0.3 is 0 Å². The van der Waals surface area contributed by atoms with E-state index in [4.69, 9.17) is 4.74 Å². The minimum atomic E-state index is 0.170. The van der Waals surface area contributed by atoms with E-state index in [1.165, 1.54) is 10.4 Å². The van der Waals surface area contributed by atoms with Crippen LogP contribution >= 0.6 is 11.3 Å². The molecule has 0 aromatic carbocycles. The predicted molar refractivity (Wildman–Crippen MR) is 69.8 cm³/mol. The Bertz CT molecular complexity index is 394. The van der Waals surface area contributed by atoms with Crippen molar-refractivity contribution in [3.63, 3.8) is 0 Å². The van der Waals surface area contributed by atoms with Crippen LogP contribution in [0.4, 0.5) is 0 Å². The number of hydrogen-bond donors (Lipinski definition) is 0. The molecule has 1 aromatic heterocycles. The molecule has 0 saturated carbocycles. The summed E-state index contributed by atoms with van der Waals surface area (Å²) >= 11 is 1.62. The third kappa shape index (κ3) is 2.87. The molecule has 1 fully saturated rings. The molecule has 0 unspecified atom stereocenters. The Balaban J connectivity index is 2.10. The van der Waals surface area contributed by atoms with E-state index in [0.29, 0.717) is 13.2 Å². The Kier molecular flexibility index (Phi) is 4.18. The van der Waals surface area contributed by atoms with Gasteiger partial charge in [0, 0.05) is 18.0 Å².